The van der Waals surface area contributed by atoms with Gasteiger partial charge in [-0.2, -0.15) is 0 Å². The van der Waals surface area contributed by atoms with Crippen molar-refractivity contribution < 1.29 is 4.79 Å². The standard InChI is InChI=1S/C18H22N2O/c1-11(15-9-12-6-7-13(15)8-12)19-18(21)17-10-14-4-2-3-5-16(14)20-17/h2-5,10-13,15,20H,6-9H2,1H3,(H,19,21)/t11-,12-,13-,15-/m0/s1. The van der Waals surface area contributed by atoms with E-state index in [1.807, 2.05) is 30.3 Å². The highest BCUT2D eigenvalue weighted by atomic mass is 16.1. The van der Waals surface area contributed by atoms with Crippen LogP contribution in [0.5, 0.6) is 0 Å². The van der Waals surface area contributed by atoms with Gasteiger partial charge in [0.15, 0.2) is 0 Å². The lowest BCUT2D eigenvalue weighted by Crippen LogP contribution is -2.40. The minimum Gasteiger partial charge on any atom is -0.351 e. The molecule has 110 valence electrons. The zero-order chi connectivity index (χ0) is 14.4. The predicted molar refractivity (Wildman–Crippen MR) is 84.2 cm³/mol. The fourth-order valence-electron chi connectivity index (χ4n) is 4.49. The topological polar surface area (TPSA) is 44.9 Å². The number of carbonyl (C=O) groups excluding carboxylic acids is 1. The number of aromatic nitrogens is 1. The molecule has 2 aliphatic carbocycles. The van der Waals surface area contributed by atoms with Crippen LogP contribution in [0.1, 0.15) is 43.1 Å². The van der Waals surface area contributed by atoms with E-state index in [0.29, 0.717) is 11.6 Å². The summed E-state index contributed by atoms with van der Waals surface area (Å²) in [6.45, 7) is 2.17. The predicted octanol–water partition coefficient (Wildman–Crippen LogP) is 3.72. The van der Waals surface area contributed by atoms with Crippen LogP contribution in [0.2, 0.25) is 0 Å². The Bertz CT molecular complexity index is 642. The number of aromatic amines is 1. The molecule has 3 nitrogen and oxygen atoms in total. The Labute approximate surface area is 125 Å². The number of benzene rings is 1. The number of hydrogen-bond acceptors (Lipinski definition) is 1. The summed E-state index contributed by atoms with van der Waals surface area (Å²) in [6, 6.07) is 10.2. The number of rotatable bonds is 3. The van der Waals surface area contributed by atoms with Gasteiger partial charge in [-0.3, -0.25) is 4.79 Å². The van der Waals surface area contributed by atoms with Crippen molar-refractivity contribution in [1.29, 1.82) is 0 Å². The molecular weight excluding hydrogens is 260 g/mol. The van der Waals surface area contributed by atoms with Gasteiger partial charge in [-0.15, -0.1) is 0 Å². The molecule has 0 saturated heterocycles. The first-order chi connectivity index (χ1) is 10.2. The SMILES string of the molecule is C[C@H](NC(=O)c1cc2ccccc2[nH]1)[C@@H]1C[C@H]2CC[C@H]1C2. The minimum atomic E-state index is 0.0291. The lowest BCUT2D eigenvalue weighted by Gasteiger charge is -2.28. The van der Waals surface area contributed by atoms with Crippen molar-refractivity contribution in [2.75, 3.05) is 0 Å². The third-order valence-corrected chi connectivity index (χ3v) is 5.57. The Hall–Kier alpha value is -1.77. The van der Waals surface area contributed by atoms with Crippen molar-refractivity contribution in [2.24, 2.45) is 17.8 Å². The first-order valence-corrected chi connectivity index (χ1v) is 8.09. The van der Waals surface area contributed by atoms with Crippen LogP contribution in [0.25, 0.3) is 10.9 Å². The normalized spacial score (nSPS) is 28.9. The Kier molecular flexibility index (Phi) is 3.02. The molecule has 0 unspecified atom stereocenters. The van der Waals surface area contributed by atoms with Crippen molar-refractivity contribution in [3.8, 4) is 0 Å². The number of H-pyrrole nitrogens is 1. The van der Waals surface area contributed by atoms with E-state index in [1.165, 1.54) is 25.7 Å². The molecule has 1 aromatic heterocycles. The fraction of sp³-hybridized carbons (Fsp3) is 0.500. The Morgan fingerprint density at radius 3 is 2.86 bits per heavy atom. The zero-order valence-corrected chi connectivity index (χ0v) is 12.4. The third-order valence-electron chi connectivity index (χ3n) is 5.57. The van der Waals surface area contributed by atoms with Crippen LogP contribution in [0.4, 0.5) is 0 Å². The molecule has 4 atom stereocenters. The highest BCUT2D eigenvalue weighted by molar-refractivity contribution is 5.98. The summed E-state index contributed by atoms with van der Waals surface area (Å²) >= 11 is 0. The van der Waals surface area contributed by atoms with Crippen LogP contribution >= 0.6 is 0 Å². The lowest BCUT2D eigenvalue weighted by atomic mass is 9.84. The molecule has 1 amide bonds. The van der Waals surface area contributed by atoms with E-state index in [4.69, 9.17) is 0 Å². The van der Waals surface area contributed by atoms with Crippen LogP contribution in [-0.4, -0.2) is 16.9 Å². The van der Waals surface area contributed by atoms with Crippen molar-refractivity contribution in [3.05, 3.63) is 36.0 Å². The average Bonchev–Trinajstić information content (AvgIpc) is 3.21. The molecule has 0 spiro atoms. The number of amides is 1. The largest absolute Gasteiger partial charge is 0.351 e. The molecule has 4 rings (SSSR count). The molecule has 2 aromatic rings. The second kappa shape index (κ2) is 4.90. The van der Waals surface area contributed by atoms with Gasteiger partial charge in [0.05, 0.1) is 0 Å². The molecule has 21 heavy (non-hydrogen) atoms. The average molecular weight is 282 g/mol. The van der Waals surface area contributed by atoms with Crippen molar-refractivity contribution in [2.45, 2.75) is 38.6 Å². The van der Waals surface area contributed by atoms with E-state index in [2.05, 4.69) is 17.2 Å². The van der Waals surface area contributed by atoms with Crippen LogP contribution in [0.3, 0.4) is 0 Å². The summed E-state index contributed by atoms with van der Waals surface area (Å²) in [6.07, 6.45) is 5.46. The van der Waals surface area contributed by atoms with E-state index in [0.717, 1.165) is 22.7 Å². The van der Waals surface area contributed by atoms with E-state index in [9.17, 15) is 4.79 Å². The highest BCUT2D eigenvalue weighted by Crippen LogP contribution is 2.49. The van der Waals surface area contributed by atoms with Gasteiger partial charge in [0, 0.05) is 16.9 Å². The maximum Gasteiger partial charge on any atom is 0.267 e. The fourth-order valence-corrected chi connectivity index (χ4v) is 4.49. The molecule has 2 N–H and O–H groups in total. The molecule has 1 aromatic carbocycles. The molecule has 2 aliphatic rings. The number of para-hydroxylation sites is 1. The van der Waals surface area contributed by atoms with E-state index < -0.39 is 0 Å². The van der Waals surface area contributed by atoms with Crippen LogP contribution in [0, 0.1) is 17.8 Å². The minimum absolute atomic E-state index is 0.0291. The number of carbonyl (C=O) groups is 1. The summed E-state index contributed by atoms with van der Waals surface area (Å²) < 4.78 is 0. The summed E-state index contributed by atoms with van der Waals surface area (Å²) in [5.41, 5.74) is 1.70. The maximum atomic E-state index is 12.4. The zero-order valence-electron chi connectivity index (χ0n) is 12.4. The maximum absolute atomic E-state index is 12.4. The van der Waals surface area contributed by atoms with Gasteiger partial charge in [0.1, 0.15) is 5.69 Å². The molecule has 0 aliphatic heterocycles. The van der Waals surface area contributed by atoms with Gasteiger partial charge in [0.25, 0.3) is 5.91 Å². The quantitative estimate of drug-likeness (QED) is 0.885. The van der Waals surface area contributed by atoms with E-state index in [-0.39, 0.29) is 11.9 Å². The second-order valence-electron chi connectivity index (χ2n) is 6.87. The van der Waals surface area contributed by atoms with Gasteiger partial charge >= 0.3 is 0 Å². The lowest BCUT2D eigenvalue weighted by molar-refractivity contribution is 0.0911. The Balaban J connectivity index is 1.47. The first-order valence-electron chi connectivity index (χ1n) is 8.09. The van der Waals surface area contributed by atoms with E-state index in [1.54, 1.807) is 0 Å². The van der Waals surface area contributed by atoms with Crippen LogP contribution < -0.4 is 5.32 Å². The molecule has 3 heteroatoms. The number of hydrogen-bond donors (Lipinski definition) is 2. The second-order valence-corrected chi connectivity index (χ2v) is 6.87. The Morgan fingerprint density at radius 2 is 2.14 bits per heavy atom. The monoisotopic (exact) mass is 282 g/mol. The van der Waals surface area contributed by atoms with Crippen molar-refractivity contribution in [1.82, 2.24) is 10.3 Å². The summed E-state index contributed by atoms with van der Waals surface area (Å²) in [4.78, 5) is 15.7. The number of fused-ring (bicyclic) bond motifs is 3. The molecule has 2 saturated carbocycles. The van der Waals surface area contributed by atoms with Gasteiger partial charge in [-0.05, 0) is 56.1 Å². The Morgan fingerprint density at radius 1 is 1.29 bits per heavy atom. The summed E-state index contributed by atoms with van der Waals surface area (Å²) in [5.74, 6) is 2.47. The van der Waals surface area contributed by atoms with Gasteiger partial charge < -0.3 is 10.3 Å². The molecule has 1 heterocycles. The molecule has 2 fully saturated rings. The van der Waals surface area contributed by atoms with Gasteiger partial charge in [-0.25, -0.2) is 0 Å². The summed E-state index contributed by atoms with van der Waals surface area (Å²) in [7, 11) is 0. The summed E-state index contributed by atoms with van der Waals surface area (Å²) in [5, 5.41) is 4.31. The number of nitrogens with one attached hydrogen (secondary N) is 2. The van der Waals surface area contributed by atoms with Crippen LogP contribution in [-0.2, 0) is 0 Å². The molecule has 0 radical (unpaired) electrons. The smallest absolute Gasteiger partial charge is 0.267 e. The van der Waals surface area contributed by atoms with Gasteiger partial charge in [0.2, 0.25) is 0 Å². The first kappa shape index (κ1) is 12.9. The van der Waals surface area contributed by atoms with Crippen molar-refractivity contribution >= 4 is 16.8 Å². The van der Waals surface area contributed by atoms with Gasteiger partial charge in [-0.1, -0.05) is 24.6 Å². The highest BCUT2D eigenvalue weighted by Gasteiger charge is 2.42. The molecule has 2 bridgehead atoms. The van der Waals surface area contributed by atoms with E-state index >= 15 is 0 Å². The molecular formula is C18H22N2O. The van der Waals surface area contributed by atoms with Crippen LogP contribution in [0.15, 0.2) is 30.3 Å². The third kappa shape index (κ3) is 2.25. The van der Waals surface area contributed by atoms with Crippen molar-refractivity contribution in [3.63, 3.8) is 0 Å².